The van der Waals surface area contributed by atoms with Crippen LogP contribution in [0.2, 0.25) is 0 Å². The zero-order valence-electron chi connectivity index (χ0n) is 13.4. The number of hydrogen-bond acceptors (Lipinski definition) is 3. The first-order valence-corrected chi connectivity index (χ1v) is 8.58. The van der Waals surface area contributed by atoms with Gasteiger partial charge in [0.2, 0.25) is 11.8 Å². The molecule has 0 N–H and O–H groups in total. The molecule has 0 aromatic heterocycles. The Morgan fingerprint density at radius 2 is 1.86 bits per heavy atom. The predicted molar refractivity (Wildman–Crippen MR) is 85.3 cm³/mol. The SMILES string of the molecule is C=CC(=O)N1CCCC2(CCN(CCN3CCCC3)C2=O)C1. The highest BCUT2D eigenvalue weighted by Gasteiger charge is 2.49. The minimum atomic E-state index is -0.318. The van der Waals surface area contributed by atoms with E-state index in [-0.39, 0.29) is 17.2 Å². The van der Waals surface area contributed by atoms with Crippen molar-refractivity contribution in [2.24, 2.45) is 5.41 Å². The molecule has 3 aliphatic rings. The van der Waals surface area contributed by atoms with Gasteiger partial charge in [-0.2, -0.15) is 0 Å². The Morgan fingerprint density at radius 3 is 2.59 bits per heavy atom. The van der Waals surface area contributed by atoms with Gasteiger partial charge in [-0.1, -0.05) is 6.58 Å². The summed E-state index contributed by atoms with van der Waals surface area (Å²) in [7, 11) is 0. The lowest BCUT2D eigenvalue weighted by atomic mass is 9.78. The molecular formula is C17H27N3O2. The highest BCUT2D eigenvalue weighted by molar-refractivity contribution is 5.89. The molecule has 1 atom stereocenters. The molecular weight excluding hydrogens is 278 g/mol. The molecule has 22 heavy (non-hydrogen) atoms. The van der Waals surface area contributed by atoms with Crippen molar-refractivity contribution >= 4 is 11.8 Å². The lowest BCUT2D eigenvalue weighted by molar-refractivity contribution is -0.141. The summed E-state index contributed by atoms with van der Waals surface area (Å²) < 4.78 is 0. The molecule has 0 bridgehead atoms. The standard InChI is InChI=1S/C17H27N3O2/c1-2-15(21)20-10-5-6-17(14-20)7-11-19(16(17)22)13-12-18-8-3-4-9-18/h2H,1,3-14H2. The van der Waals surface area contributed by atoms with Crippen molar-refractivity contribution in [1.82, 2.24) is 14.7 Å². The molecule has 0 aliphatic carbocycles. The van der Waals surface area contributed by atoms with Crippen molar-refractivity contribution in [3.05, 3.63) is 12.7 Å². The molecule has 5 nitrogen and oxygen atoms in total. The Labute approximate surface area is 132 Å². The van der Waals surface area contributed by atoms with Crippen LogP contribution in [0.4, 0.5) is 0 Å². The largest absolute Gasteiger partial charge is 0.341 e. The number of carbonyl (C=O) groups is 2. The van der Waals surface area contributed by atoms with E-state index in [1.165, 1.54) is 32.0 Å². The van der Waals surface area contributed by atoms with Gasteiger partial charge in [0.25, 0.3) is 0 Å². The molecule has 3 rings (SSSR count). The van der Waals surface area contributed by atoms with E-state index in [4.69, 9.17) is 0 Å². The van der Waals surface area contributed by atoms with E-state index in [1.54, 1.807) is 4.90 Å². The van der Waals surface area contributed by atoms with E-state index in [2.05, 4.69) is 11.5 Å². The summed E-state index contributed by atoms with van der Waals surface area (Å²) in [5.41, 5.74) is -0.318. The van der Waals surface area contributed by atoms with Crippen LogP contribution in [0.15, 0.2) is 12.7 Å². The van der Waals surface area contributed by atoms with Gasteiger partial charge < -0.3 is 14.7 Å². The number of piperidine rings is 1. The number of likely N-dealkylation sites (tertiary alicyclic amines) is 3. The molecule has 3 saturated heterocycles. The van der Waals surface area contributed by atoms with Gasteiger partial charge in [-0.25, -0.2) is 0 Å². The van der Waals surface area contributed by atoms with E-state index < -0.39 is 0 Å². The Bertz CT molecular complexity index is 459. The van der Waals surface area contributed by atoms with Gasteiger partial charge in [-0.3, -0.25) is 9.59 Å². The van der Waals surface area contributed by atoms with Crippen molar-refractivity contribution in [3.63, 3.8) is 0 Å². The summed E-state index contributed by atoms with van der Waals surface area (Å²) in [6.07, 6.45) is 6.68. The first-order valence-electron chi connectivity index (χ1n) is 8.58. The molecule has 0 aromatic rings. The van der Waals surface area contributed by atoms with Crippen molar-refractivity contribution in [1.29, 1.82) is 0 Å². The number of carbonyl (C=O) groups excluding carboxylic acids is 2. The molecule has 2 amide bonds. The monoisotopic (exact) mass is 305 g/mol. The van der Waals surface area contributed by atoms with Crippen molar-refractivity contribution in [2.75, 3.05) is 45.8 Å². The molecule has 3 fully saturated rings. The van der Waals surface area contributed by atoms with Crippen molar-refractivity contribution in [3.8, 4) is 0 Å². The first kappa shape index (κ1) is 15.5. The lowest BCUT2D eigenvalue weighted by Gasteiger charge is -2.38. The topological polar surface area (TPSA) is 43.9 Å². The van der Waals surface area contributed by atoms with Crippen LogP contribution in [0.25, 0.3) is 0 Å². The van der Waals surface area contributed by atoms with Gasteiger partial charge in [0.1, 0.15) is 0 Å². The van der Waals surface area contributed by atoms with E-state index in [1.807, 2.05) is 4.90 Å². The van der Waals surface area contributed by atoms with Crippen LogP contribution in [0.3, 0.4) is 0 Å². The van der Waals surface area contributed by atoms with Gasteiger partial charge in [-0.15, -0.1) is 0 Å². The van der Waals surface area contributed by atoms with E-state index in [0.717, 1.165) is 45.4 Å². The summed E-state index contributed by atoms with van der Waals surface area (Å²) in [4.78, 5) is 31.0. The summed E-state index contributed by atoms with van der Waals surface area (Å²) in [6, 6.07) is 0. The predicted octanol–water partition coefficient (Wildman–Crippen LogP) is 1.11. The Hall–Kier alpha value is -1.36. The smallest absolute Gasteiger partial charge is 0.245 e. The second-order valence-electron chi connectivity index (χ2n) is 6.94. The Balaban J connectivity index is 1.59. The zero-order valence-corrected chi connectivity index (χ0v) is 13.4. The highest BCUT2D eigenvalue weighted by Crippen LogP contribution is 2.40. The van der Waals surface area contributed by atoms with Crippen LogP contribution in [-0.4, -0.2) is 72.3 Å². The molecule has 3 aliphatic heterocycles. The quantitative estimate of drug-likeness (QED) is 0.731. The fourth-order valence-corrected chi connectivity index (χ4v) is 4.20. The fourth-order valence-electron chi connectivity index (χ4n) is 4.20. The molecule has 0 aromatic carbocycles. The molecule has 0 radical (unpaired) electrons. The van der Waals surface area contributed by atoms with Gasteiger partial charge in [-0.05, 0) is 51.3 Å². The first-order chi connectivity index (χ1) is 10.6. The van der Waals surface area contributed by atoms with Crippen LogP contribution in [-0.2, 0) is 9.59 Å². The summed E-state index contributed by atoms with van der Waals surface area (Å²) in [5.74, 6) is 0.232. The minimum absolute atomic E-state index is 0.0395. The third-order valence-electron chi connectivity index (χ3n) is 5.55. The maximum absolute atomic E-state index is 12.9. The van der Waals surface area contributed by atoms with Crippen LogP contribution < -0.4 is 0 Å². The third kappa shape index (κ3) is 2.91. The second kappa shape index (κ2) is 6.41. The van der Waals surface area contributed by atoms with Crippen molar-refractivity contribution < 1.29 is 9.59 Å². The van der Waals surface area contributed by atoms with E-state index in [9.17, 15) is 9.59 Å². The lowest BCUT2D eigenvalue weighted by Crippen LogP contribution is -2.50. The molecule has 5 heteroatoms. The van der Waals surface area contributed by atoms with E-state index in [0.29, 0.717) is 6.54 Å². The minimum Gasteiger partial charge on any atom is -0.341 e. The van der Waals surface area contributed by atoms with Gasteiger partial charge in [0.15, 0.2) is 0 Å². The van der Waals surface area contributed by atoms with Gasteiger partial charge >= 0.3 is 0 Å². The molecule has 122 valence electrons. The third-order valence-corrected chi connectivity index (χ3v) is 5.55. The maximum Gasteiger partial charge on any atom is 0.245 e. The van der Waals surface area contributed by atoms with Gasteiger partial charge in [0, 0.05) is 32.7 Å². The highest BCUT2D eigenvalue weighted by atomic mass is 16.2. The number of nitrogens with zero attached hydrogens (tertiary/aromatic N) is 3. The average molecular weight is 305 g/mol. The molecule has 3 heterocycles. The summed E-state index contributed by atoms with van der Waals surface area (Å²) in [6.45, 7) is 9.95. The zero-order chi connectivity index (χ0) is 15.6. The van der Waals surface area contributed by atoms with Crippen LogP contribution in [0, 0.1) is 5.41 Å². The van der Waals surface area contributed by atoms with Crippen LogP contribution in [0.5, 0.6) is 0 Å². The van der Waals surface area contributed by atoms with E-state index >= 15 is 0 Å². The average Bonchev–Trinajstić information content (AvgIpc) is 3.16. The fraction of sp³-hybridized carbons (Fsp3) is 0.765. The number of amides is 2. The Morgan fingerprint density at radius 1 is 1.09 bits per heavy atom. The Kier molecular flexibility index (Phi) is 4.52. The number of hydrogen-bond donors (Lipinski definition) is 0. The van der Waals surface area contributed by atoms with Crippen LogP contribution >= 0.6 is 0 Å². The van der Waals surface area contributed by atoms with Gasteiger partial charge in [0.05, 0.1) is 5.41 Å². The summed E-state index contributed by atoms with van der Waals surface area (Å²) >= 11 is 0. The molecule has 0 saturated carbocycles. The summed E-state index contributed by atoms with van der Waals surface area (Å²) in [5, 5.41) is 0. The second-order valence-corrected chi connectivity index (χ2v) is 6.94. The molecule has 1 unspecified atom stereocenters. The maximum atomic E-state index is 12.9. The van der Waals surface area contributed by atoms with Crippen LogP contribution in [0.1, 0.15) is 32.1 Å². The normalized spacial score (nSPS) is 29.5. The molecule has 1 spiro atoms. The number of rotatable bonds is 4. The van der Waals surface area contributed by atoms with Crippen molar-refractivity contribution in [2.45, 2.75) is 32.1 Å².